The minimum atomic E-state index is 0.584. The summed E-state index contributed by atoms with van der Waals surface area (Å²) in [6, 6.07) is 0. The van der Waals surface area contributed by atoms with Crippen LogP contribution in [0.5, 0.6) is 0 Å². The van der Waals surface area contributed by atoms with Crippen LogP contribution in [0.3, 0.4) is 0 Å². The van der Waals surface area contributed by atoms with Crippen LogP contribution < -0.4 is 0 Å². The van der Waals surface area contributed by atoms with E-state index in [4.69, 9.17) is 0 Å². The molecule has 0 nitrogen and oxygen atoms in total. The highest BCUT2D eigenvalue weighted by atomic mass is 14.2. The number of rotatable bonds is 8. The van der Waals surface area contributed by atoms with Gasteiger partial charge in [-0.3, -0.25) is 0 Å². The van der Waals surface area contributed by atoms with Gasteiger partial charge in [0.05, 0.1) is 0 Å². The number of allylic oxidation sites excluding steroid dienone is 4. The van der Waals surface area contributed by atoms with E-state index in [2.05, 4.69) is 72.1 Å². The predicted molar refractivity (Wildman–Crippen MR) is 96.4 cm³/mol. The molecule has 0 radical (unpaired) electrons. The van der Waals surface area contributed by atoms with Gasteiger partial charge in [-0.1, -0.05) is 39.8 Å². The molecule has 0 heterocycles. The van der Waals surface area contributed by atoms with Crippen molar-refractivity contribution >= 4 is 0 Å². The van der Waals surface area contributed by atoms with Crippen LogP contribution in [-0.2, 0) is 0 Å². The molecule has 0 saturated heterocycles. The van der Waals surface area contributed by atoms with Crippen LogP contribution in [0.4, 0.5) is 0 Å². The molecular weight excluding hydrogens is 252 g/mol. The second kappa shape index (κ2) is 11.4. The highest BCUT2D eigenvalue weighted by Gasteiger charge is 2.16. The van der Waals surface area contributed by atoms with Gasteiger partial charge in [-0.2, -0.15) is 0 Å². The Morgan fingerprint density at radius 2 is 1.62 bits per heavy atom. The van der Waals surface area contributed by atoms with Gasteiger partial charge in [0.25, 0.3) is 0 Å². The zero-order valence-corrected chi connectivity index (χ0v) is 15.2. The maximum absolute atomic E-state index is 3.40. The first-order valence-electron chi connectivity index (χ1n) is 8.35. The van der Waals surface area contributed by atoms with Crippen molar-refractivity contribution in [3.8, 4) is 0 Å². The first-order chi connectivity index (χ1) is 9.90. The molecule has 0 bridgehead atoms. The Morgan fingerprint density at radius 3 is 2.19 bits per heavy atom. The molecule has 0 aromatic rings. The van der Waals surface area contributed by atoms with E-state index in [9.17, 15) is 0 Å². The molecule has 0 aromatic heterocycles. The Kier molecular flexibility index (Phi) is 10.8. The van der Waals surface area contributed by atoms with Gasteiger partial charge in [0.1, 0.15) is 0 Å². The molecule has 0 aliphatic heterocycles. The lowest BCUT2D eigenvalue weighted by molar-refractivity contribution is 0.331. The molecule has 0 rings (SSSR count). The van der Waals surface area contributed by atoms with Crippen LogP contribution in [0, 0.1) is 17.8 Å². The average molecular weight is 287 g/mol. The lowest BCUT2D eigenvalue weighted by Crippen LogP contribution is -2.14. The molecule has 0 aliphatic carbocycles. The summed E-state index contributed by atoms with van der Waals surface area (Å²) in [5.41, 5.74) is 9.39. The van der Waals surface area contributed by atoms with E-state index in [-0.39, 0.29) is 0 Å². The molecule has 2 unspecified atom stereocenters. The Balaban J connectivity index is 4.57. The maximum atomic E-state index is 3.40. The van der Waals surface area contributed by atoms with Crippen LogP contribution in [0.25, 0.3) is 0 Å². The van der Waals surface area contributed by atoms with E-state index >= 15 is 0 Å². The highest BCUT2D eigenvalue weighted by molar-refractivity contribution is 5.11. The van der Waals surface area contributed by atoms with Gasteiger partial charge >= 0.3 is 0 Å². The Bertz CT molecular complexity index is 433. The summed E-state index contributed by atoms with van der Waals surface area (Å²) in [6.45, 7) is 15.6. The molecule has 0 heteroatoms. The maximum Gasteiger partial charge on any atom is -0.0123 e. The molecule has 118 valence electrons. The third-order valence-corrected chi connectivity index (χ3v) is 4.41. The van der Waals surface area contributed by atoms with Crippen molar-refractivity contribution in [1.29, 1.82) is 0 Å². The van der Waals surface area contributed by atoms with Crippen molar-refractivity contribution in [2.24, 2.45) is 17.8 Å². The predicted octanol–water partition coefficient (Wildman–Crippen LogP) is 6.86. The van der Waals surface area contributed by atoms with Gasteiger partial charge in [0.15, 0.2) is 0 Å². The normalized spacial score (nSPS) is 13.5. The van der Waals surface area contributed by atoms with Crippen molar-refractivity contribution in [2.45, 2.75) is 67.7 Å². The number of hydrogen-bond acceptors (Lipinski definition) is 0. The van der Waals surface area contributed by atoms with Gasteiger partial charge in [0.2, 0.25) is 0 Å². The zero-order chi connectivity index (χ0) is 16.3. The second-order valence-electron chi connectivity index (χ2n) is 6.44. The second-order valence-corrected chi connectivity index (χ2v) is 6.44. The molecule has 0 spiro atoms. The number of unbranched alkanes of at least 4 members (excludes halogenated alkanes) is 1. The van der Waals surface area contributed by atoms with Crippen molar-refractivity contribution in [1.82, 2.24) is 0 Å². The standard InChI is InChI=1S/C21H34/c1-8-9-10-11-14-18(4)15-12-13-16-19(5)21(7)20(6)17(2)3/h8-9,12-13,17,20-21H,10-11,14H2,1-7H3. The minimum absolute atomic E-state index is 0.584. The molecule has 2 atom stereocenters. The average Bonchev–Trinajstić information content (AvgIpc) is 2.46. The fourth-order valence-electron chi connectivity index (χ4n) is 2.18. The van der Waals surface area contributed by atoms with Crippen LogP contribution in [-0.4, -0.2) is 0 Å². The lowest BCUT2D eigenvalue weighted by atomic mass is 9.82. The number of hydrogen-bond donors (Lipinski definition) is 0. The van der Waals surface area contributed by atoms with Gasteiger partial charge in [-0.15, -0.1) is 11.5 Å². The molecule has 0 saturated carbocycles. The summed E-state index contributed by atoms with van der Waals surface area (Å²) in [5.74, 6) is 1.99. The van der Waals surface area contributed by atoms with Crippen LogP contribution in [0.1, 0.15) is 67.7 Å². The van der Waals surface area contributed by atoms with E-state index in [1.54, 1.807) is 0 Å². The third-order valence-electron chi connectivity index (χ3n) is 4.41. The molecule has 0 N–H and O–H groups in total. The summed E-state index contributed by atoms with van der Waals surface area (Å²) < 4.78 is 0. The highest BCUT2D eigenvalue weighted by Crippen LogP contribution is 2.25. The van der Waals surface area contributed by atoms with Gasteiger partial charge in [-0.05, 0) is 81.1 Å². The third kappa shape index (κ3) is 9.35. The first-order valence-corrected chi connectivity index (χ1v) is 8.35. The van der Waals surface area contributed by atoms with E-state index in [0.717, 1.165) is 12.8 Å². The van der Waals surface area contributed by atoms with Crippen LogP contribution in [0.15, 0.2) is 46.9 Å². The molecule has 0 amide bonds. The minimum Gasteiger partial charge on any atom is -0.121 e. The largest absolute Gasteiger partial charge is 0.121 e. The SMILES string of the molecule is CC=CCCCC(C)=C=CC=C=C(C)C(C)C(C)C(C)C. The molecule has 0 aromatic carbocycles. The topological polar surface area (TPSA) is 0 Å². The van der Waals surface area contributed by atoms with E-state index in [1.807, 2.05) is 12.2 Å². The molecule has 21 heavy (non-hydrogen) atoms. The summed E-state index contributed by atoms with van der Waals surface area (Å²) in [4.78, 5) is 0. The van der Waals surface area contributed by atoms with Gasteiger partial charge in [-0.25, -0.2) is 0 Å². The summed E-state index contributed by atoms with van der Waals surface area (Å²) >= 11 is 0. The molecule has 0 fully saturated rings. The van der Waals surface area contributed by atoms with E-state index < -0.39 is 0 Å². The monoisotopic (exact) mass is 286 g/mol. The van der Waals surface area contributed by atoms with E-state index in [0.29, 0.717) is 17.8 Å². The summed E-state index contributed by atoms with van der Waals surface area (Å²) in [5, 5.41) is 0. The lowest BCUT2D eigenvalue weighted by Gasteiger charge is -2.23. The quantitative estimate of drug-likeness (QED) is 0.198. The fourth-order valence-corrected chi connectivity index (χ4v) is 2.18. The van der Waals surface area contributed by atoms with Crippen LogP contribution >= 0.6 is 0 Å². The van der Waals surface area contributed by atoms with Gasteiger partial charge in [0, 0.05) is 0 Å². The van der Waals surface area contributed by atoms with E-state index in [1.165, 1.54) is 17.6 Å². The van der Waals surface area contributed by atoms with Gasteiger partial charge < -0.3 is 0 Å². The first kappa shape index (κ1) is 19.8. The van der Waals surface area contributed by atoms with Crippen molar-refractivity contribution in [3.63, 3.8) is 0 Å². The molecule has 0 aliphatic rings. The Morgan fingerprint density at radius 1 is 1.00 bits per heavy atom. The smallest absolute Gasteiger partial charge is 0.0123 e. The van der Waals surface area contributed by atoms with Crippen molar-refractivity contribution < 1.29 is 0 Å². The summed E-state index contributed by atoms with van der Waals surface area (Å²) in [6.07, 6.45) is 11.8. The summed E-state index contributed by atoms with van der Waals surface area (Å²) in [7, 11) is 0. The zero-order valence-electron chi connectivity index (χ0n) is 15.2. The van der Waals surface area contributed by atoms with Crippen molar-refractivity contribution in [3.05, 3.63) is 46.9 Å². The fraction of sp³-hybridized carbons (Fsp3) is 0.619. The Labute approximate surface area is 133 Å². The molecular formula is C21H34. The van der Waals surface area contributed by atoms with Crippen LogP contribution in [0.2, 0.25) is 0 Å². The van der Waals surface area contributed by atoms with Crippen molar-refractivity contribution in [2.75, 3.05) is 0 Å². The Hall–Kier alpha value is -1.22.